The second kappa shape index (κ2) is 5.19. The van der Waals surface area contributed by atoms with Crippen LogP contribution in [0.25, 0.3) is 0 Å². The van der Waals surface area contributed by atoms with Crippen LogP contribution in [0.3, 0.4) is 0 Å². The molecule has 0 aromatic heterocycles. The number of piperazine rings is 1. The lowest BCUT2D eigenvalue weighted by atomic mass is 10.1. The van der Waals surface area contributed by atoms with Gasteiger partial charge in [0.2, 0.25) is 11.8 Å². The highest BCUT2D eigenvalue weighted by atomic mass is 16.6. The summed E-state index contributed by atoms with van der Waals surface area (Å²) < 4.78 is 0. The number of amides is 3. The van der Waals surface area contributed by atoms with Crippen molar-refractivity contribution in [3.8, 4) is 5.75 Å². The maximum Gasteiger partial charge on any atom is 0.282 e. The molecule has 1 aromatic rings. The molecule has 2 N–H and O–H groups in total. The number of rotatable bonds is 2. The molecule has 1 aliphatic rings. The normalized spacial score (nSPS) is 18.3. The van der Waals surface area contributed by atoms with Gasteiger partial charge in [-0.1, -0.05) is 0 Å². The van der Waals surface area contributed by atoms with Crippen molar-refractivity contribution in [3.05, 3.63) is 33.9 Å². The highest BCUT2D eigenvalue weighted by molar-refractivity contribution is 6.08. The molecule has 2 rings (SSSR count). The van der Waals surface area contributed by atoms with Gasteiger partial charge in [-0.15, -0.1) is 0 Å². The van der Waals surface area contributed by atoms with Gasteiger partial charge in [0.05, 0.1) is 4.92 Å². The molecule has 1 aromatic carbocycles. The quantitative estimate of drug-likeness (QED) is 0.440. The SMILES string of the molecule is CC1C(=O)NC(=O)CN1C(=O)c1cc(O)ccc1[N+](=O)[O-]. The van der Waals surface area contributed by atoms with Crippen LogP contribution in [-0.4, -0.2) is 45.2 Å². The lowest BCUT2D eigenvalue weighted by Gasteiger charge is -2.31. The van der Waals surface area contributed by atoms with Crippen LogP contribution in [0.15, 0.2) is 18.2 Å². The second-order valence-electron chi connectivity index (χ2n) is 4.48. The molecule has 1 heterocycles. The van der Waals surface area contributed by atoms with E-state index in [1.807, 2.05) is 0 Å². The zero-order chi connectivity index (χ0) is 15.7. The molecule has 1 atom stereocenters. The smallest absolute Gasteiger partial charge is 0.282 e. The molecule has 3 amide bonds. The fraction of sp³-hybridized carbons (Fsp3) is 0.250. The summed E-state index contributed by atoms with van der Waals surface area (Å²) in [5.41, 5.74) is -0.891. The molecule has 1 aliphatic heterocycles. The first kappa shape index (κ1) is 14.4. The number of benzene rings is 1. The van der Waals surface area contributed by atoms with Crippen LogP contribution in [0.4, 0.5) is 5.69 Å². The van der Waals surface area contributed by atoms with E-state index in [1.165, 1.54) is 6.92 Å². The minimum Gasteiger partial charge on any atom is -0.508 e. The standard InChI is InChI=1S/C12H11N3O6/c1-6-11(18)13-10(17)5-14(6)12(19)8-4-7(16)2-3-9(8)15(20)21/h2-4,6,16H,5H2,1H3,(H,13,17,18). The number of aromatic hydroxyl groups is 1. The van der Waals surface area contributed by atoms with Gasteiger partial charge in [-0.05, 0) is 19.1 Å². The highest BCUT2D eigenvalue weighted by Crippen LogP contribution is 2.25. The summed E-state index contributed by atoms with van der Waals surface area (Å²) in [7, 11) is 0. The fourth-order valence-electron chi connectivity index (χ4n) is 1.97. The monoisotopic (exact) mass is 293 g/mol. The fourth-order valence-corrected chi connectivity index (χ4v) is 1.97. The first-order valence-electron chi connectivity index (χ1n) is 5.93. The van der Waals surface area contributed by atoms with Crippen molar-refractivity contribution < 1.29 is 24.4 Å². The van der Waals surface area contributed by atoms with E-state index in [4.69, 9.17) is 0 Å². The van der Waals surface area contributed by atoms with E-state index in [-0.39, 0.29) is 11.3 Å². The zero-order valence-corrected chi connectivity index (χ0v) is 10.9. The lowest BCUT2D eigenvalue weighted by molar-refractivity contribution is -0.385. The van der Waals surface area contributed by atoms with Crippen LogP contribution in [0.2, 0.25) is 0 Å². The molecule has 1 unspecified atom stereocenters. The number of carbonyl (C=O) groups excluding carboxylic acids is 3. The first-order chi connectivity index (χ1) is 9.81. The Morgan fingerprint density at radius 3 is 2.76 bits per heavy atom. The van der Waals surface area contributed by atoms with Gasteiger partial charge in [0.25, 0.3) is 11.6 Å². The predicted octanol–water partition coefficient (Wildman–Crippen LogP) is -0.213. The summed E-state index contributed by atoms with van der Waals surface area (Å²) in [4.78, 5) is 46.3. The number of hydrogen-bond donors (Lipinski definition) is 2. The number of nitro benzene ring substituents is 1. The summed E-state index contributed by atoms with van der Waals surface area (Å²) in [6, 6.07) is 2.05. The Bertz CT molecular complexity index is 656. The van der Waals surface area contributed by atoms with E-state index in [1.54, 1.807) is 0 Å². The largest absolute Gasteiger partial charge is 0.508 e. The topological polar surface area (TPSA) is 130 Å². The van der Waals surface area contributed by atoms with Crippen molar-refractivity contribution >= 4 is 23.4 Å². The van der Waals surface area contributed by atoms with Crippen molar-refractivity contribution in [1.82, 2.24) is 10.2 Å². The van der Waals surface area contributed by atoms with Crippen LogP contribution in [0.1, 0.15) is 17.3 Å². The average molecular weight is 293 g/mol. The second-order valence-corrected chi connectivity index (χ2v) is 4.48. The highest BCUT2D eigenvalue weighted by Gasteiger charge is 2.36. The molecule has 9 nitrogen and oxygen atoms in total. The third kappa shape index (κ3) is 2.66. The van der Waals surface area contributed by atoms with Gasteiger partial charge in [0.1, 0.15) is 23.9 Å². The lowest BCUT2D eigenvalue weighted by Crippen LogP contribution is -2.58. The van der Waals surface area contributed by atoms with Crippen molar-refractivity contribution in [3.63, 3.8) is 0 Å². The number of nitrogens with one attached hydrogen (secondary N) is 1. The van der Waals surface area contributed by atoms with Crippen LogP contribution in [0.5, 0.6) is 5.75 Å². The molecule has 0 spiro atoms. The molecule has 110 valence electrons. The molecule has 9 heteroatoms. The number of phenolic OH excluding ortho intramolecular Hbond substituents is 1. The van der Waals surface area contributed by atoms with E-state index in [9.17, 15) is 29.6 Å². The van der Waals surface area contributed by atoms with Gasteiger partial charge in [-0.25, -0.2) is 0 Å². The van der Waals surface area contributed by atoms with E-state index in [0.29, 0.717) is 0 Å². The summed E-state index contributed by atoms with van der Waals surface area (Å²) in [5.74, 6) is -2.53. The maximum absolute atomic E-state index is 12.4. The number of nitrogens with zero attached hydrogens (tertiary/aromatic N) is 2. The van der Waals surface area contributed by atoms with Gasteiger partial charge in [-0.3, -0.25) is 29.8 Å². The number of carbonyl (C=O) groups is 3. The van der Waals surface area contributed by atoms with Gasteiger partial charge in [0, 0.05) is 6.07 Å². The molecule has 21 heavy (non-hydrogen) atoms. The summed E-state index contributed by atoms with van der Waals surface area (Å²) in [6.45, 7) is 1.01. The zero-order valence-electron chi connectivity index (χ0n) is 10.9. The first-order valence-corrected chi connectivity index (χ1v) is 5.93. The van der Waals surface area contributed by atoms with Gasteiger partial charge in [-0.2, -0.15) is 0 Å². The summed E-state index contributed by atoms with van der Waals surface area (Å²) in [5, 5.41) is 22.4. The third-order valence-corrected chi connectivity index (χ3v) is 3.09. The van der Waals surface area contributed by atoms with Crippen molar-refractivity contribution in [1.29, 1.82) is 0 Å². The summed E-state index contributed by atoms with van der Waals surface area (Å²) >= 11 is 0. The third-order valence-electron chi connectivity index (χ3n) is 3.09. The van der Waals surface area contributed by atoms with E-state index < -0.39 is 40.9 Å². The van der Waals surface area contributed by atoms with Crippen molar-refractivity contribution in [2.24, 2.45) is 0 Å². The van der Waals surface area contributed by atoms with E-state index >= 15 is 0 Å². The molecular formula is C12H11N3O6. The Morgan fingerprint density at radius 2 is 2.14 bits per heavy atom. The number of hydrogen-bond acceptors (Lipinski definition) is 6. The number of nitro groups is 1. The van der Waals surface area contributed by atoms with Crippen LogP contribution >= 0.6 is 0 Å². The summed E-state index contributed by atoms with van der Waals surface area (Å²) in [6.07, 6.45) is 0. The van der Waals surface area contributed by atoms with Crippen LogP contribution in [-0.2, 0) is 9.59 Å². The molecular weight excluding hydrogens is 282 g/mol. The van der Waals surface area contributed by atoms with Crippen molar-refractivity contribution in [2.45, 2.75) is 13.0 Å². The Labute approximate surface area is 118 Å². The number of phenols is 1. The Balaban J connectivity index is 2.44. The Kier molecular flexibility index (Phi) is 3.57. The van der Waals surface area contributed by atoms with Gasteiger partial charge < -0.3 is 10.0 Å². The minimum absolute atomic E-state index is 0.329. The van der Waals surface area contributed by atoms with E-state index in [2.05, 4.69) is 5.32 Å². The van der Waals surface area contributed by atoms with Gasteiger partial charge >= 0.3 is 0 Å². The molecule has 1 fully saturated rings. The van der Waals surface area contributed by atoms with Gasteiger partial charge in [0.15, 0.2) is 0 Å². The Morgan fingerprint density at radius 1 is 1.48 bits per heavy atom. The van der Waals surface area contributed by atoms with Crippen LogP contribution in [0, 0.1) is 10.1 Å². The average Bonchev–Trinajstić information content (AvgIpc) is 2.41. The minimum atomic E-state index is -0.947. The Hall–Kier alpha value is -2.97. The maximum atomic E-state index is 12.4. The molecule has 0 radical (unpaired) electrons. The van der Waals surface area contributed by atoms with Crippen molar-refractivity contribution in [2.75, 3.05) is 6.54 Å². The van der Waals surface area contributed by atoms with Crippen LogP contribution < -0.4 is 5.32 Å². The molecule has 0 aliphatic carbocycles. The predicted molar refractivity (Wildman–Crippen MR) is 68.4 cm³/mol. The molecule has 0 bridgehead atoms. The van der Waals surface area contributed by atoms with E-state index in [0.717, 1.165) is 23.1 Å². The molecule has 0 saturated carbocycles. The number of imide groups is 1. The molecule has 1 saturated heterocycles.